The number of rotatable bonds is 6. The Bertz CT molecular complexity index is 723. The van der Waals surface area contributed by atoms with E-state index in [9.17, 15) is 9.18 Å². The molecule has 0 spiro atoms. The second-order valence-electron chi connectivity index (χ2n) is 6.69. The topological polar surface area (TPSA) is 32.3 Å². The molecule has 0 radical (unpaired) electrons. The van der Waals surface area contributed by atoms with Gasteiger partial charge in [0.1, 0.15) is 11.1 Å². The number of piperidine rings is 1. The summed E-state index contributed by atoms with van der Waals surface area (Å²) in [6, 6.07) is 16.4. The highest BCUT2D eigenvalue weighted by Gasteiger charge is 2.31. The number of amides is 1. The van der Waals surface area contributed by atoms with Crippen LogP contribution in [0.1, 0.15) is 23.7 Å². The van der Waals surface area contributed by atoms with Crippen LogP contribution >= 0.6 is 11.8 Å². The molecule has 3 rings (SSSR count). The van der Waals surface area contributed by atoms with E-state index in [4.69, 9.17) is 0 Å². The Hall–Kier alpha value is -1.85. The average Bonchev–Trinajstić information content (AvgIpc) is 2.68. The molecule has 5 heteroatoms. The molecule has 1 heterocycles. The summed E-state index contributed by atoms with van der Waals surface area (Å²) in [5, 5.41) is 2.78. The predicted octanol–water partition coefficient (Wildman–Crippen LogP) is 4.12. The van der Waals surface area contributed by atoms with Crippen LogP contribution in [0.5, 0.6) is 0 Å². The molecule has 26 heavy (non-hydrogen) atoms. The van der Waals surface area contributed by atoms with Crippen LogP contribution < -0.4 is 5.32 Å². The van der Waals surface area contributed by atoms with E-state index < -0.39 is 5.25 Å². The van der Waals surface area contributed by atoms with Crippen LogP contribution in [0.3, 0.4) is 0 Å². The molecule has 1 saturated heterocycles. The van der Waals surface area contributed by atoms with Gasteiger partial charge in [-0.3, -0.25) is 4.79 Å². The maximum atomic E-state index is 14.2. The summed E-state index contributed by atoms with van der Waals surface area (Å²) < 4.78 is 14.2. The summed E-state index contributed by atoms with van der Waals surface area (Å²) in [7, 11) is 1.95. The Balaban J connectivity index is 1.83. The van der Waals surface area contributed by atoms with Gasteiger partial charge >= 0.3 is 0 Å². The number of thioether (sulfide) groups is 1. The monoisotopic (exact) mass is 372 g/mol. The minimum absolute atomic E-state index is 0.0743. The van der Waals surface area contributed by atoms with Gasteiger partial charge in [-0.25, -0.2) is 4.39 Å². The molecule has 3 nitrogen and oxygen atoms in total. The lowest BCUT2D eigenvalue weighted by molar-refractivity contribution is -0.132. The zero-order chi connectivity index (χ0) is 18.4. The number of carbonyl (C=O) groups is 1. The molecule has 1 amide bonds. The average molecular weight is 373 g/mol. The van der Waals surface area contributed by atoms with Crippen molar-refractivity contribution >= 4 is 17.7 Å². The molecule has 2 unspecified atom stereocenters. The van der Waals surface area contributed by atoms with Gasteiger partial charge in [-0.05, 0) is 50.0 Å². The van der Waals surface area contributed by atoms with E-state index in [0.717, 1.165) is 38.0 Å². The maximum absolute atomic E-state index is 14.2. The number of nitrogens with zero attached hydrogens (tertiary/aromatic N) is 1. The summed E-state index contributed by atoms with van der Waals surface area (Å²) in [5.41, 5.74) is 0.918. The molecule has 2 atom stereocenters. The van der Waals surface area contributed by atoms with Gasteiger partial charge in [0.25, 0.3) is 0 Å². The fraction of sp³-hybridized carbons (Fsp3) is 0.381. The Kier molecular flexibility index (Phi) is 6.69. The standard InChI is InChI=1S/C21H25FN2OS/c1-23-14-16-8-7-13-24(15-16)21(25)20(17-9-3-2-4-10-17)26-19-12-6-5-11-18(19)22/h2-6,9-12,16,20,23H,7-8,13-15H2,1H3. The zero-order valence-electron chi connectivity index (χ0n) is 15.0. The van der Waals surface area contributed by atoms with Gasteiger partial charge in [0.2, 0.25) is 5.91 Å². The SMILES string of the molecule is CNCC1CCCN(C(=O)C(Sc2ccccc2F)c2ccccc2)C1. The summed E-state index contributed by atoms with van der Waals surface area (Å²) in [5.74, 6) is 0.274. The largest absolute Gasteiger partial charge is 0.341 e. The van der Waals surface area contributed by atoms with E-state index in [1.165, 1.54) is 17.8 Å². The molecule has 1 aliphatic rings. The van der Waals surface area contributed by atoms with Crippen molar-refractivity contribution in [3.63, 3.8) is 0 Å². The van der Waals surface area contributed by atoms with Gasteiger partial charge < -0.3 is 10.2 Å². The van der Waals surface area contributed by atoms with Gasteiger partial charge in [-0.15, -0.1) is 11.8 Å². The van der Waals surface area contributed by atoms with E-state index in [0.29, 0.717) is 10.8 Å². The predicted molar refractivity (Wildman–Crippen MR) is 105 cm³/mol. The fourth-order valence-electron chi connectivity index (χ4n) is 3.44. The van der Waals surface area contributed by atoms with Crippen molar-refractivity contribution in [2.45, 2.75) is 23.0 Å². The second kappa shape index (κ2) is 9.19. The molecule has 2 aromatic carbocycles. The van der Waals surface area contributed by atoms with Crippen LogP contribution in [0, 0.1) is 11.7 Å². The quantitative estimate of drug-likeness (QED) is 0.774. The summed E-state index contributed by atoms with van der Waals surface area (Å²) >= 11 is 1.30. The first kappa shape index (κ1) is 18.9. The molecule has 1 N–H and O–H groups in total. The molecular formula is C21H25FN2OS. The maximum Gasteiger partial charge on any atom is 0.240 e. The Morgan fingerprint density at radius 3 is 2.69 bits per heavy atom. The molecule has 2 aromatic rings. The number of halogens is 1. The van der Waals surface area contributed by atoms with Crippen LogP contribution in [-0.4, -0.2) is 37.5 Å². The minimum Gasteiger partial charge on any atom is -0.341 e. The number of benzene rings is 2. The minimum atomic E-state index is -0.429. The van der Waals surface area contributed by atoms with Crippen LogP contribution in [0.15, 0.2) is 59.5 Å². The zero-order valence-corrected chi connectivity index (χ0v) is 15.8. The molecule has 1 aliphatic heterocycles. The number of nitrogens with one attached hydrogen (secondary N) is 1. The van der Waals surface area contributed by atoms with Crippen molar-refractivity contribution in [1.29, 1.82) is 0 Å². The third kappa shape index (κ3) is 4.65. The Morgan fingerprint density at radius 1 is 1.23 bits per heavy atom. The Morgan fingerprint density at radius 2 is 1.96 bits per heavy atom. The lowest BCUT2D eigenvalue weighted by atomic mass is 9.97. The molecule has 0 saturated carbocycles. The summed E-state index contributed by atoms with van der Waals surface area (Å²) in [6.07, 6.45) is 2.16. The van der Waals surface area contributed by atoms with Gasteiger partial charge in [0, 0.05) is 18.0 Å². The smallest absolute Gasteiger partial charge is 0.240 e. The van der Waals surface area contributed by atoms with Crippen molar-refractivity contribution < 1.29 is 9.18 Å². The number of likely N-dealkylation sites (tertiary alicyclic amines) is 1. The van der Waals surface area contributed by atoms with Crippen LogP contribution in [-0.2, 0) is 4.79 Å². The first-order valence-corrected chi connectivity index (χ1v) is 9.96. The van der Waals surface area contributed by atoms with E-state index in [2.05, 4.69) is 5.32 Å². The molecule has 138 valence electrons. The lowest BCUT2D eigenvalue weighted by Gasteiger charge is -2.35. The Labute approximate surface area is 159 Å². The van der Waals surface area contributed by atoms with E-state index in [1.807, 2.05) is 48.3 Å². The molecule has 1 fully saturated rings. The summed E-state index contributed by atoms with van der Waals surface area (Å²) in [6.45, 7) is 2.46. The third-order valence-electron chi connectivity index (χ3n) is 4.73. The highest BCUT2D eigenvalue weighted by molar-refractivity contribution is 8.00. The summed E-state index contributed by atoms with van der Waals surface area (Å²) in [4.78, 5) is 15.8. The fourth-order valence-corrected chi connectivity index (χ4v) is 4.58. The van der Waals surface area contributed by atoms with Gasteiger partial charge in [0.15, 0.2) is 0 Å². The van der Waals surface area contributed by atoms with E-state index in [-0.39, 0.29) is 11.7 Å². The highest BCUT2D eigenvalue weighted by atomic mass is 32.2. The van der Waals surface area contributed by atoms with Crippen LogP contribution in [0.25, 0.3) is 0 Å². The first-order chi connectivity index (χ1) is 12.7. The van der Waals surface area contributed by atoms with Crippen LogP contribution in [0.2, 0.25) is 0 Å². The van der Waals surface area contributed by atoms with Crippen LogP contribution in [0.4, 0.5) is 4.39 Å². The third-order valence-corrected chi connectivity index (χ3v) is 6.03. The normalized spacial score (nSPS) is 18.5. The van der Waals surface area contributed by atoms with Crippen molar-refractivity contribution in [3.05, 3.63) is 66.0 Å². The van der Waals surface area contributed by atoms with Gasteiger partial charge in [-0.2, -0.15) is 0 Å². The van der Waals surface area contributed by atoms with Crippen molar-refractivity contribution in [2.24, 2.45) is 5.92 Å². The molecule has 0 aliphatic carbocycles. The number of hydrogen-bond donors (Lipinski definition) is 1. The first-order valence-electron chi connectivity index (χ1n) is 9.08. The van der Waals surface area contributed by atoms with Crippen molar-refractivity contribution in [2.75, 3.05) is 26.7 Å². The second-order valence-corrected chi connectivity index (χ2v) is 7.84. The van der Waals surface area contributed by atoms with Gasteiger partial charge in [0.05, 0.1) is 0 Å². The van der Waals surface area contributed by atoms with E-state index in [1.54, 1.807) is 12.1 Å². The molecule has 0 bridgehead atoms. The number of hydrogen-bond acceptors (Lipinski definition) is 3. The molecule has 0 aromatic heterocycles. The van der Waals surface area contributed by atoms with Crippen molar-refractivity contribution in [1.82, 2.24) is 10.2 Å². The lowest BCUT2D eigenvalue weighted by Crippen LogP contribution is -2.44. The highest BCUT2D eigenvalue weighted by Crippen LogP contribution is 2.38. The van der Waals surface area contributed by atoms with Gasteiger partial charge in [-0.1, -0.05) is 42.5 Å². The van der Waals surface area contributed by atoms with Crippen molar-refractivity contribution in [3.8, 4) is 0 Å². The number of carbonyl (C=O) groups excluding carboxylic acids is 1. The molecular weight excluding hydrogens is 347 g/mol. The van der Waals surface area contributed by atoms with E-state index >= 15 is 0 Å².